The first-order chi connectivity index (χ1) is 9.58. The molecular formula is C15H20BrNO4. The zero-order valence-electron chi connectivity index (χ0n) is 12.6. The largest absolute Gasteiger partial charge is 0.467 e. The van der Waals surface area contributed by atoms with Gasteiger partial charge in [-0.05, 0) is 38.5 Å². The van der Waals surface area contributed by atoms with Gasteiger partial charge in [0.15, 0.2) is 0 Å². The lowest BCUT2D eigenvalue weighted by molar-refractivity contribution is -0.170. The lowest BCUT2D eigenvalue weighted by Crippen LogP contribution is -2.59. The number of nitrogens with two attached hydrogens (primary N) is 1. The van der Waals surface area contributed by atoms with Crippen molar-refractivity contribution in [2.24, 2.45) is 5.73 Å². The highest BCUT2D eigenvalue weighted by atomic mass is 79.9. The molecule has 0 aliphatic carbocycles. The van der Waals surface area contributed by atoms with E-state index in [-0.39, 0.29) is 6.42 Å². The summed E-state index contributed by atoms with van der Waals surface area (Å²) < 4.78 is 10.8. The molecule has 6 heteroatoms. The predicted molar refractivity (Wildman–Crippen MR) is 82.6 cm³/mol. The fourth-order valence-corrected chi connectivity index (χ4v) is 1.97. The lowest BCUT2D eigenvalue weighted by atomic mass is 9.91. The summed E-state index contributed by atoms with van der Waals surface area (Å²) >= 11 is 3.32. The molecule has 0 aromatic heterocycles. The van der Waals surface area contributed by atoms with Crippen LogP contribution in [0.15, 0.2) is 28.7 Å². The first-order valence-electron chi connectivity index (χ1n) is 6.44. The van der Waals surface area contributed by atoms with E-state index in [4.69, 9.17) is 10.5 Å². The van der Waals surface area contributed by atoms with Gasteiger partial charge in [-0.25, -0.2) is 9.59 Å². The number of halogens is 1. The second-order valence-electron chi connectivity index (χ2n) is 5.77. The van der Waals surface area contributed by atoms with Crippen LogP contribution in [0, 0.1) is 0 Å². The molecule has 0 bridgehead atoms. The van der Waals surface area contributed by atoms with Gasteiger partial charge >= 0.3 is 11.9 Å². The lowest BCUT2D eigenvalue weighted by Gasteiger charge is -2.29. The Labute approximate surface area is 132 Å². The molecule has 0 amide bonds. The third-order valence-corrected chi connectivity index (χ3v) is 3.24. The zero-order valence-corrected chi connectivity index (χ0v) is 14.2. The van der Waals surface area contributed by atoms with Gasteiger partial charge in [0.05, 0.1) is 7.11 Å². The van der Waals surface area contributed by atoms with Crippen LogP contribution in [-0.2, 0) is 25.5 Å². The minimum absolute atomic E-state index is 0.00185. The topological polar surface area (TPSA) is 78.6 Å². The fourth-order valence-electron chi connectivity index (χ4n) is 1.70. The number of benzene rings is 1. The average molecular weight is 358 g/mol. The van der Waals surface area contributed by atoms with Gasteiger partial charge in [0.1, 0.15) is 5.60 Å². The van der Waals surface area contributed by atoms with E-state index in [0.717, 1.165) is 10.0 Å². The van der Waals surface area contributed by atoms with Crippen LogP contribution < -0.4 is 5.73 Å². The number of ether oxygens (including phenoxy) is 2. The van der Waals surface area contributed by atoms with Gasteiger partial charge in [0, 0.05) is 10.9 Å². The number of carbonyl (C=O) groups excluding carboxylic acids is 2. The van der Waals surface area contributed by atoms with Crippen LogP contribution in [0.4, 0.5) is 0 Å². The van der Waals surface area contributed by atoms with Gasteiger partial charge in [-0.3, -0.25) is 0 Å². The van der Waals surface area contributed by atoms with Gasteiger partial charge in [-0.1, -0.05) is 28.1 Å². The van der Waals surface area contributed by atoms with Crippen molar-refractivity contribution in [1.29, 1.82) is 0 Å². The third-order valence-electron chi connectivity index (χ3n) is 2.71. The highest BCUT2D eigenvalue weighted by Gasteiger charge is 2.46. The Hall–Kier alpha value is -1.40. The maximum atomic E-state index is 12.3. The molecule has 1 atom stereocenters. The van der Waals surface area contributed by atoms with E-state index in [1.54, 1.807) is 32.9 Å². The number of methoxy groups -OCH3 is 1. The molecule has 0 heterocycles. The monoisotopic (exact) mass is 357 g/mol. The van der Waals surface area contributed by atoms with Crippen LogP contribution in [0.25, 0.3) is 0 Å². The number of hydrogen-bond acceptors (Lipinski definition) is 5. The van der Waals surface area contributed by atoms with E-state index in [0.29, 0.717) is 0 Å². The fraction of sp³-hybridized carbons (Fsp3) is 0.467. The molecule has 2 N–H and O–H groups in total. The quantitative estimate of drug-likeness (QED) is 0.660. The van der Waals surface area contributed by atoms with Crippen molar-refractivity contribution in [2.45, 2.75) is 38.3 Å². The summed E-state index contributed by atoms with van der Waals surface area (Å²) in [6, 6.07) is 7.17. The van der Waals surface area contributed by atoms with Crippen molar-refractivity contribution in [3.63, 3.8) is 0 Å². The molecule has 0 saturated carbocycles. The van der Waals surface area contributed by atoms with Crippen LogP contribution in [0.5, 0.6) is 0 Å². The highest BCUT2D eigenvalue weighted by molar-refractivity contribution is 9.10. The third kappa shape index (κ3) is 4.82. The highest BCUT2D eigenvalue weighted by Crippen LogP contribution is 2.20. The van der Waals surface area contributed by atoms with E-state index in [9.17, 15) is 9.59 Å². The minimum atomic E-state index is -1.87. The molecule has 1 aromatic carbocycles. The van der Waals surface area contributed by atoms with Gasteiger partial charge in [0.25, 0.3) is 0 Å². The maximum absolute atomic E-state index is 12.3. The summed E-state index contributed by atoms with van der Waals surface area (Å²) in [6.45, 7) is 5.13. The summed E-state index contributed by atoms with van der Waals surface area (Å²) in [7, 11) is 1.19. The number of rotatable bonds is 4. The second-order valence-corrected chi connectivity index (χ2v) is 6.68. The van der Waals surface area contributed by atoms with Crippen molar-refractivity contribution < 1.29 is 19.1 Å². The van der Waals surface area contributed by atoms with Crippen molar-refractivity contribution in [1.82, 2.24) is 0 Å². The van der Waals surface area contributed by atoms with Crippen molar-refractivity contribution in [3.05, 3.63) is 34.3 Å². The molecule has 1 unspecified atom stereocenters. The van der Waals surface area contributed by atoms with Crippen LogP contribution in [0.3, 0.4) is 0 Å². The Morgan fingerprint density at radius 1 is 1.14 bits per heavy atom. The van der Waals surface area contributed by atoms with Crippen LogP contribution in [-0.4, -0.2) is 30.2 Å². The maximum Gasteiger partial charge on any atom is 0.338 e. The Morgan fingerprint density at radius 2 is 1.67 bits per heavy atom. The Kier molecular flexibility index (Phi) is 5.53. The van der Waals surface area contributed by atoms with Crippen LogP contribution >= 0.6 is 15.9 Å². The number of carbonyl (C=O) groups is 2. The molecule has 0 radical (unpaired) electrons. The Balaban J connectivity index is 3.06. The van der Waals surface area contributed by atoms with Gasteiger partial charge < -0.3 is 15.2 Å². The zero-order chi connectivity index (χ0) is 16.3. The van der Waals surface area contributed by atoms with Crippen molar-refractivity contribution >= 4 is 27.9 Å². The van der Waals surface area contributed by atoms with Gasteiger partial charge in [-0.15, -0.1) is 0 Å². The van der Waals surface area contributed by atoms with E-state index in [1.165, 1.54) is 7.11 Å². The Bertz CT molecular complexity index is 521. The van der Waals surface area contributed by atoms with Gasteiger partial charge in [-0.2, -0.15) is 0 Å². The summed E-state index contributed by atoms with van der Waals surface area (Å²) in [6.07, 6.45) is 0.00185. The molecule has 0 aliphatic heterocycles. The normalized spacial score (nSPS) is 14.2. The molecule has 0 saturated heterocycles. The summed E-state index contributed by atoms with van der Waals surface area (Å²) in [4.78, 5) is 24.3. The molecule has 116 valence electrons. The minimum Gasteiger partial charge on any atom is -0.467 e. The molecule has 21 heavy (non-hydrogen) atoms. The van der Waals surface area contributed by atoms with E-state index in [2.05, 4.69) is 20.7 Å². The number of hydrogen-bond donors (Lipinski definition) is 1. The van der Waals surface area contributed by atoms with Crippen LogP contribution in [0.2, 0.25) is 0 Å². The van der Waals surface area contributed by atoms with Crippen LogP contribution in [0.1, 0.15) is 26.3 Å². The summed E-state index contributed by atoms with van der Waals surface area (Å²) in [5.74, 6) is -1.62. The molecule has 1 rings (SSSR count). The SMILES string of the molecule is COC(=O)C(N)(Cc1ccc(Br)cc1)C(=O)OC(C)(C)C. The van der Waals surface area contributed by atoms with E-state index in [1.807, 2.05) is 12.1 Å². The van der Waals surface area contributed by atoms with Crippen molar-refractivity contribution in [3.8, 4) is 0 Å². The first kappa shape index (κ1) is 17.7. The molecule has 1 aromatic rings. The smallest absolute Gasteiger partial charge is 0.338 e. The molecule has 0 aliphatic rings. The summed E-state index contributed by atoms with van der Waals surface area (Å²) in [5, 5.41) is 0. The van der Waals surface area contributed by atoms with E-state index < -0.39 is 23.1 Å². The molecule has 0 spiro atoms. The first-order valence-corrected chi connectivity index (χ1v) is 7.23. The average Bonchev–Trinajstić information content (AvgIpc) is 2.38. The standard InChI is InChI=1S/C15H20BrNO4/c1-14(2,3)21-13(19)15(17,12(18)20-4)9-10-5-7-11(16)8-6-10/h5-8H,9,17H2,1-4H3. The Morgan fingerprint density at radius 3 is 2.10 bits per heavy atom. The molecule has 5 nitrogen and oxygen atoms in total. The summed E-state index contributed by atoms with van der Waals surface area (Å²) in [5.41, 5.74) is 4.14. The van der Waals surface area contributed by atoms with Crippen molar-refractivity contribution in [2.75, 3.05) is 7.11 Å². The number of esters is 2. The van der Waals surface area contributed by atoms with E-state index >= 15 is 0 Å². The molecular weight excluding hydrogens is 338 g/mol. The van der Waals surface area contributed by atoms with Gasteiger partial charge in [0.2, 0.25) is 5.54 Å². The predicted octanol–water partition coefficient (Wildman–Crippen LogP) is 2.20. The molecule has 0 fully saturated rings. The second kappa shape index (κ2) is 6.58.